The summed E-state index contributed by atoms with van der Waals surface area (Å²) >= 11 is 0. The first kappa shape index (κ1) is 12.4. The van der Waals surface area contributed by atoms with E-state index in [2.05, 4.69) is 10.3 Å². The van der Waals surface area contributed by atoms with Gasteiger partial charge in [-0.3, -0.25) is 4.79 Å². The smallest absolute Gasteiger partial charge is 0.272 e. The van der Waals surface area contributed by atoms with Crippen LogP contribution < -0.4 is 10.9 Å². The molecule has 21 heavy (non-hydrogen) atoms. The van der Waals surface area contributed by atoms with Crippen molar-refractivity contribution in [2.75, 3.05) is 13.1 Å². The van der Waals surface area contributed by atoms with Crippen LogP contribution in [0.3, 0.4) is 0 Å². The van der Waals surface area contributed by atoms with Crippen LogP contribution in [0.15, 0.2) is 53.6 Å². The molecule has 1 saturated heterocycles. The third-order valence-corrected chi connectivity index (χ3v) is 4.10. The Bertz CT molecular complexity index is 857. The molecule has 0 bridgehead atoms. The quantitative estimate of drug-likeness (QED) is 0.658. The molecule has 1 aliphatic heterocycles. The van der Waals surface area contributed by atoms with Crippen molar-refractivity contribution in [1.29, 1.82) is 0 Å². The number of nitrogens with zero attached hydrogens (tertiary/aromatic N) is 1. The van der Waals surface area contributed by atoms with E-state index in [0.717, 1.165) is 16.8 Å². The number of hydrogen-bond acceptors (Lipinski definition) is 3. The molecule has 3 aromatic rings. The second kappa shape index (κ2) is 4.31. The van der Waals surface area contributed by atoms with Crippen LogP contribution in [0, 0.1) is 0 Å². The third-order valence-electron chi connectivity index (χ3n) is 4.10. The minimum absolute atomic E-state index is 0.108. The van der Waals surface area contributed by atoms with Crippen molar-refractivity contribution in [2.45, 2.75) is 5.60 Å². The van der Waals surface area contributed by atoms with Crippen LogP contribution in [-0.4, -0.2) is 27.6 Å². The summed E-state index contributed by atoms with van der Waals surface area (Å²) in [5.41, 5.74) is 2.34. The van der Waals surface area contributed by atoms with Gasteiger partial charge in [0.1, 0.15) is 11.1 Å². The third kappa shape index (κ3) is 1.90. The first-order valence-electron chi connectivity index (χ1n) is 6.90. The summed E-state index contributed by atoms with van der Waals surface area (Å²) in [5.74, 6) is 0. The molecular formula is C16H15N3O2. The Morgan fingerprint density at radius 1 is 1.14 bits per heavy atom. The van der Waals surface area contributed by atoms with Crippen LogP contribution in [0.4, 0.5) is 0 Å². The van der Waals surface area contributed by atoms with Crippen LogP contribution in [0.5, 0.6) is 0 Å². The van der Waals surface area contributed by atoms with E-state index in [-0.39, 0.29) is 5.56 Å². The summed E-state index contributed by atoms with van der Waals surface area (Å²) in [6, 6.07) is 11.3. The van der Waals surface area contributed by atoms with Gasteiger partial charge in [0.05, 0.1) is 5.69 Å². The molecule has 4 rings (SSSR count). The lowest BCUT2D eigenvalue weighted by Gasteiger charge is -2.38. The standard InChI is InChI=1S/C16H15N3O2/c20-15-14-2-1-7-19(14)8-13(18-15)11-3-5-12(6-4-11)16(21)9-17-10-16/h1-8,17,21H,9-10H2,(H,18,20). The van der Waals surface area contributed by atoms with E-state index < -0.39 is 5.60 Å². The second-order valence-electron chi connectivity index (χ2n) is 5.51. The van der Waals surface area contributed by atoms with Gasteiger partial charge in [-0.2, -0.15) is 0 Å². The molecule has 1 aromatic carbocycles. The molecule has 0 unspecified atom stereocenters. The van der Waals surface area contributed by atoms with E-state index in [1.165, 1.54) is 0 Å². The highest BCUT2D eigenvalue weighted by molar-refractivity contribution is 5.61. The summed E-state index contributed by atoms with van der Waals surface area (Å²) in [7, 11) is 0. The molecule has 0 atom stereocenters. The van der Waals surface area contributed by atoms with Gasteiger partial charge in [-0.1, -0.05) is 24.3 Å². The molecule has 3 N–H and O–H groups in total. The van der Waals surface area contributed by atoms with Gasteiger partial charge in [0, 0.05) is 25.5 Å². The van der Waals surface area contributed by atoms with Gasteiger partial charge in [-0.15, -0.1) is 0 Å². The molecule has 2 aromatic heterocycles. The Labute approximate surface area is 120 Å². The summed E-state index contributed by atoms with van der Waals surface area (Å²) in [5, 5.41) is 13.3. The molecule has 0 aliphatic carbocycles. The van der Waals surface area contributed by atoms with Gasteiger partial charge in [-0.05, 0) is 23.3 Å². The molecule has 1 aliphatic rings. The lowest BCUT2D eigenvalue weighted by Crippen LogP contribution is -2.56. The van der Waals surface area contributed by atoms with Gasteiger partial charge in [0.2, 0.25) is 0 Å². The number of H-pyrrole nitrogens is 1. The van der Waals surface area contributed by atoms with Gasteiger partial charge in [-0.25, -0.2) is 0 Å². The minimum atomic E-state index is -0.754. The van der Waals surface area contributed by atoms with E-state index in [9.17, 15) is 9.90 Å². The first-order valence-corrected chi connectivity index (χ1v) is 6.90. The van der Waals surface area contributed by atoms with Crippen molar-refractivity contribution in [3.05, 3.63) is 64.7 Å². The molecule has 0 radical (unpaired) electrons. The number of aromatic amines is 1. The maximum absolute atomic E-state index is 12.0. The highest BCUT2D eigenvalue weighted by atomic mass is 16.3. The second-order valence-corrected chi connectivity index (χ2v) is 5.51. The van der Waals surface area contributed by atoms with Crippen LogP contribution in [-0.2, 0) is 5.60 Å². The molecule has 0 spiro atoms. The highest BCUT2D eigenvalue weighted by Crippen LogP contribution is 2.27. The van der Waals surface area contributed by atoms with Crippen molar-refractivity contribution >= 4 is 5.52 Å². The van der Waals surface area contributed by atoms with Gasteiger partial charge in [0.15, 0.2) is 0 Å². The lowest BCUT2D eigenvalue weighted by molar-refractivity contribution is -0.0146. The predicted molar refractivity (Wildman–Crippen MR) is 80.2 cm³/mol. The number of hydrogen-bond donors (Lipinski definition) is 3. The van der Waals surface area contributed by atoms with Gasteiger partial charge in [0.25, 0.3) is 5.56 Å². The Kier molecular flexibility index (Phi) is 2.54. The molecule has 1 fully saturated rings. The largest absolute Gasteiger partial charge is 0.382 e. The van der Waals surface area contributed by atoms with Crippen LogP contribution in [0.1, 0.15) is 5.56 Å². The van der Waals surface area contributed by atoms with Crippen molar-refractivity contribution < 1.29 is 5.11 Å². The molecular weight excluding hydrogens is 266 g/mol. The van der Waals surface area contributed by atoms with E-state index >= 15 is 0 Å². The summed E-state index contributed by atoms with van der Waals surface area (Å²) in [4.78, 5) is 14.9. The fraction of sp³-hybridized carbons (Fsp3) is 0.188. The summed E-state index contributed by atoms with van der Waals surface area (Å²) < 4.78 is 1.81. The fourth-order valence-corrected chi connectivity index (χ4v) is 2.73. The zero-order valence-electron chi connectivity index (χ0n) is 11.3. The number of β-amino-alcohol motifs (C(OH)–C–C–N with tert-alkyl or cyclic N) is 1. The van der Waals surface area contributed by atoms with Crippen molar-refractivity contribution in [1.82, 2.24) is 14.7 Å². The molecule has 0 saturated carbocycles. The monoisotopic (exact) mass is 281 g/mol. The number of fused-ring (bicyclic) bond motifs is 1. The Hall–Kier alpha value is -2.37. The lowest BCUT2D eigenvalue weighted by atomic mass is 9.87. The molecule has 106 valence electrons. The maximum atomic E-state index is 12.0. The van der Waals surface area contributed by atoms with E-state index in [0.29, 0.717) is 18.6 Å². The highest BCUT2D eigenvalue weighted by Gasteiger charge is 2.35. The average molecular weight is 281 g/mol. The van der Waals surface area contributed by atoms with Gasteiger partial charge >= 0.3 is 0 Å². The fourth-order valence-electron chi connectivity index (χ4n) is 2.73. The number of aromatic nitrogens is 2. The van der Waals surface area contributed by atoms with Crippen LogP contribution in [0.25, 0.3) is 16.8 Å². The Morgan fingerprint density at radius 2 is 1.90 bits per heavy atom. The average Bonchev–Trinajstić information content (AvgIpc) is 2.94. The van der Waals surface area contributed by atoms with Gasteiger partial charge < -0.3 is 19.8 Å². The molecule has 0 amide bonds. The van der Waals surface area contributed by atoms with E-state index in [1.54, 1.807) is 6.07 Å². The molecule has 5 nitrogen and oxygen atoms in total. The predicted octanol–water partition coefficient (Wildman–Crippen LogP) is 1.09. The van der Waals surface area contributed by atoms with Crippen molar-refractivity contribution in [3.63, 3.8) is 0 Å². The van der Waals surface area contributed by atoms with Crippen LogP contribution in [0.2, 0.25) is 0 Å². The van der Waals surface area contributed by atoms with Crippen molar-refractivity contribution in [2.24, 2.45) is 0 Å². The maximum Gasteiger partial charge on any atom is 0.272 e. The number of rotatable bonds is 2. The number of aliphatic hydroxyl groups is 1. The van der Waals surface area contributed by atoms with E-state index in [1.807, 2.05) is 47.1 Å². The van der Waals surface area contributed by atoms with Crippen molar-refractivity contribution in [3.8, 4) is 11.3 Å². The Balaban J connectivity index is 1.76. The summed E-state index contributed by atoms with van der Waals surface area (Å²) in [6.07, 6.45) is 3.75. The SMILES string of the molecule is O=c1[nH]c(-c2ccc(C3(O)CNC3)cc2)cn2cccc12. The first-order chi connectivity index (χ1) is 10.2. The minimum Gasteiger partial charge on any atom is -0.382 e. The molecule has 3 heterocycles. The Morgan fingerprint density at radius 3 is 2.57 bits per heavy atom. The number of benzene rings is 1. The van der Waals surface area contributed by atoms with Crippen LogP contribution >= 0.6 is 0 Å². The summed E-state index contributed by atoms with van der Waals surface area (Å²) in [6.45, 7) is 1.16. The zero-order valence-corrected chi connectivity index (χ0v) is 11.3. The molecule has 5 heteroatoms. The normalized spacial score (nSPS) is 16.8. The zero-order chi connectivity index (χ0) is 14.4. The van der Waals surface area contributed by atoms with E-state index in [4.69, 9.17) is 0 Å². The topological polar surface area (TPSA) is 69.5 Å². The number of nitrogens with one attached hydrogen (secondary N) is 2.